The molecule has 2 N–H and O–H groups in total. The summed E-state index contributed by atoms with van der Waals surface area (Å²) in [6.07, 6.45) is 5.15. The molecule has 3 unspecified atom stereocenters. The van der Waals surface area contributed by atoms with Crippen LogP contribution in [0, 0.1) is 17.8 Å². The standard InChI is InChI=1S/C22H24N4O3S/c1-14-19-16(22(27)26-12-10-23-11-13-26)7-8-17(20(14)19)25-30(28,29)18-6-2-4-15-5-3-9-24-21(15)18/h2-9,14,19-20,23,25H,10-13H2,1H3. The fourth-order valence-electron chi connectivity index (χ4n) is 4.69. The lowest BCUT2D eigenvalue weighted by Gasteiger charge is -2.29. The highest BCUT2D eigenvalue weighted by Crippen LogP contribution is 2.56. The summed E-state index contributed by atoms with van der Waals surface area (Å²) >= 11 is 0. The van der Waals surface area contributed by atoms with Crippen molar-refractivity contribution in [2.45, 2.75) is 11.8 Å². The summed E-state index contributed by atoms with van der Waals surface area (Å²) in [4.78, 5) is 19.3. The van der Waals surface area contributed by atoms with Crippen LogP contribution in [0.15, 0.2) is 64.8 Å². The molecule has 3 atom stereocenters. The Labute approximate surface area is 175 Å². The molecule has 2 aromatic rings. The summed E-state index contributed by atoms with van der Waals surface area (Å²) in [6.45, 7) is 5.10. The predicted octanol–water partition coefficient (Wildman–Crippen LogP) is 1.65. The average Bonchev–Trinajstić information content (AvgIpc) is 3.45. The number of benzene rings is 1. The summed E-state index contributed by atoms with van der Waals surface area (Å²) in [6, 6.07) is 8.77. The van der Waals surface area contributed by atoms with Crippen molar-refractivity contribution in [2.24, 2.45) is 17.8 Å². The maximum absolute atomic E-state index is 13.2. The topological polar surface area (TPSA) is 91.4 Å². The Morgan fingerprint density at radius 1 is 1.13 bits per heavy atom. The zero-order valence-electron chi connectivity index (χ0n) is 16.7. The lowest BCUT2D eigenvalue weighted by Crippen LogP contribution is -2.47. The summed E-state index contributed by atoms with van der Waals surface area (Å²) in [5.74, 6) is 0.396. The zero-order chi connectivity index (χ0) is 20.9. The predicted molar refractivity (Wildman–Crippen MR) is 114 cm³/mol. The van der Waals surface area contributed by atoms with E-state index in [1.54, 1.807) is 36.5 Å². The highest BCUT2D eigenvalue weighted by Gasteiger charge is 2.54. The van der Waals surface area contributed by atoms with Gasteiger partial charge in [-0.15, -0.1) is 0 Å². The number of rotatable bonds is 4. The van der Waals surface area contributed by atoms with Gasteiger partial charge >= 0.3 is 0 Å². The number of carbonyl (C=O) groups excluding carboxylic acids is 1. The second kappa shape index (κ2) is 7.21. The van der Waals surface area contributed by atoms with Crippen molar-refractivity contribution in [3.63, 3.8) is 0 Å². The van der Waals surface area contributed by atoms with Gasteiger partial charge in [-0.2, -0.15) is 0 Å². The number of carbonyl (C=O) groups is 1. The molecule has 0 spiro atoms. The SMILES string of the molecule is CC1C2C(NS(=O)(=O)c3cccc4cccnc34)=CC=C(C(=O)N3CCNCC3)C12. The van der Waals surface area contributed by atoms with E-state index in [0.29, 0.717) is 24.3 Å². The number of allylic oxidation sites excluding steroid dienone is 3. The largest absolute Gasteiger partial charge is 0.336 e. The molecule has 1 aromatic carbocycles. The zero-order valence-corrected chi connectivity index (χ0v) is 17.5. The van der Waals surface area contributed by atoms with E-state index in [4.69, 9.17) is 0 Å². The van der Waals surface area contributed by atoms with Gasteiger partial charge in [-0.05, 0) is 24.1 Å². The van der Waals surface area contributed by atoms with Crippen molar-refractivity contribution in [2.75, 3.05) is 26.2 Å². The van der Waals surface area contributed by atoms with Gasteiger partial charge in [-0.25, -0.2) is 8.42 Å². The molecule has 2 fully saturated rings. The molecule has 1 aliphatic heterocycles. The molecule has 2 heterocycles. The van der Waals surface area contributed by atoms with Crippen molar-refractivity contribution in [3.8, 4) is 0 Å². The third kappa shape index (κ3) is 3.20. The lowest BCUT2D eigenvalue weighted by molar-refractivity contribution is -0.128. The van der Waals surface area contributed by atoms with Gasteiger partial charge in [0.2, 0.25) is 5.91 Å². The van der Waals surface area contributed by atoms with Crippen molar-refractivity contribution in [1.82, 2.24) is 19.9 Å². The number of aromatic nitrogens is 1. The number of sulfonamides is 1. The minimum Gasteiger partial charge on any atom is -0.336 e. The fraction of sp³-hybridized carbons (Fsp3) is 0.364. The molecule has 2 aliphatic carbocycles. The van der Waals surface area contributed by atoms with Crippen LogP contribution < -0.4 is 10.0 Å². The molecule has 1 aromatic heterocycles. The van der Waals surface area contributed by atoms with E-state index in [1.807, 2.05) is 17.0 Å². The van der Waals surface area contributed by atoms with Gasteiger partial charge in [0.1, 0.15) is 4.90 Å². The minimum atomic E-state index is -3.79. The third-order valence-electron chi connectivity index (χ3n) is 6.33. The molecule has 3 aliphatic rings. The van der Waals surface area contributed by atoms with Crippen molar-refractivity contribution in [1.29, 1.82) is 0 Å². The quantitative estimate of drug-likeness (QED) is 0.779. The number of amides is 1. The second-order valence-electron chi connectivity index (χ2n) is 8.13. The van der Waals surface area contributed by atoms with Crippen LogP contribution in [0.1, 0.15) is 6.92 Å². The Bertz CT molecular complexity index is 1180. The second-order valence-corrected chi connectivity index (χ2v) is 9.78. The molecule has 0 radical (unpaired) electrons. The van der Waals surface area contributed by atoms with Crippen LogP contribution in [0.3, 0.4) is 0 Å². The third-order valence-corrected chi connectivity index (χ3v) is 7.74. The van der Waals surface area contributed by atoms with E-state index in [9.17, 15) is 13.2 Å². The number of hydrogen-bond acceptors (Lipinski definition) is 5. The molecular formula is C22H24N4O3S. The lowest BCUT2D eigenvalue weighted by atomic mass is 10.0. The van der Waals surface area contributed by atoms with Crippen molar-refractivity contribution >= 4 is 26.8 Å². The molecule has 156 valence electrons. The maximum Gasteiger partial charge on any atom is 0.263 e. The highest BCUT2D eigenvalue weighted by atomic mass is 32.2. The van der Waals surface area contributed by atoms with Crippen LogP contribution >= 0.6 is 0 Å². The van der Waals surface area contributed by atoms with Gasteiger partial charge in [-0.1, -0.05) is 31.2 Å². The number of nitrogens with zero attached hydrogens (tertiary/aromatic N) is 2. The monoisotopic (exact) mass is 424 g/mol. The molecule has 0 bridgehead atoms. The Morgan fingerprint density at radius 3 is 2.70 bits per heavy atom. The average molecular weight is 425 g/mol. The van der Waals surface area contributed by atoms with Crippen LogP contribution in [-0.2, 0) is 14.8 Å². The molecular weight excluding hydrogens is 400 g/mol. The first-order chi connectivity index (χ1) is 14.5. The number of para-hydroxylation sites is 1. The van der Waals surface area contributed by atoms with Crippen LogP contribution in [0.25, 0.3) is 10.9 Å². The van der Waals surface area contributed by atoms with Crippen LogP contribution in [-0.4, -0.2) is 50.4 Å². The van der Waals surface area contributed by atoms with Gasteiger partial charge in [-0.3, -0.25) is 14.5 Å². The summed E-state index contributed by atoms with van der Waals surface area (Å²) in [7, 11) is -3.79. The van der Waals surface area contributed by atoms with Crippen LogP contribution in [0.5, 0.6) is 0 Å². The fourth-order valence-corrected chi connectivity index (χ4v) is 5.99. The van der Waals surface area contributed by atoms with Crippen LogP contribution in [0.2, 0.25) is 0 Å². The smallest absolute Gasteiger partial charge is 0.263 e. The first-order valence-corrected chi connectivity index (χ1v) is 11.7. The molecule has 5 rings (SSSR count). The van der Waals surface area contributed by atoms with E-state index in [2.05, 4.69) is 21.9 Å². The maximum atomic E-state index is 13.2. The Balaban J connectivity index is 1.43. The van der Waals surface area contributed by atoms with Gasteiger partial charge < -0.3 is 10.2 Å². The number of hydrogen-bond donors (Lipinski definition) is 2. The highest BCUT2D eigenvalue weighted by molar-refractivity contribution is 7.89. The number of fused-ring (bicyclic) bond motifs is 2. The summed E-state index contributed by atoms with van der Waals surface area (Å²) < 4.78 is 29.1. The molecule has 30 heavy (non-hydrogen) atoms. The first kappa shape index (κ1) is 19.3. The van der Waals surface area contributed by atoms with Gasteiger partial charge in [0.05, 0.1) is 5.52 Å². The normalized spacial score (nSPS) is 25.9. The Kier molecular flexibility index (Phi) is 4.63. The van der Waals surface area contributed by atoms with E-state index in [-0.39, 0.29) is 28.6 Å². The van der Waals surface area contributed by atoms with Gasteiger partial charge in [0, 0.05) is 60.9 Å². The van der Waals surface area contributed by atoms with Crippen LogP contribution in [0.4, 0.5) is 0 Å². The van der Waals surface area contributed by atoms with E-state index in [0.717, 1.165) is 24.0 Å². The summed E-state index contributed by atoms with van der Waals surface area (Å²) in [5, 5.41) is 4.03. The Hall–Kier alpha value is -2.71. The van der Waals surface area contributed by atoms with Crippen molar-refractivity contribution < 1.29 is 13.2 Å². The number of pyridine rings is 1. The molecule has 8 heteroatoms. The van der Waals surface area contributed by atoms with E-state index >= 15 is 0 Å². The number of piperazine rings is 1. The van der Waals surface area contributed by atoms with Gasteiger partial charge in [0.25, 0.3) is 10.0 Å². The van der Waals surface area contributed by atoms with E-state index < -0.39 is 10.0 Å². The minimum absolute atomic E-state index is 0.0228. The first-order valence-electron chi connectivity index (χ1n) is 10.3. The van der Waals surface area contributed by atoms with E-state index in [1.165, 1.54) is 0 Å². The molecule has 1 amide bonds. The Morgan fingerprint density at radius 2 is 1.90 bits per heavy atom. The molecule has 1 saturated carbocycles. The van der Waals surface area contributed by atoms with Gasteiger partial charge in [0.15, 0.2) is 0 Å². The van der Waals surface area contributed by atoms with Crippen molar-refractivity contribution in [3.05, 3.63) is 60.0 Å². The molecule has 7 nitrogen and oxygen atoms in total. The molecule has 1 saturated heterocycles. The number of nitrogens with one attached hydrogen (secondary N) is 2. The summed E-state index contributed by atoms with van der Waals surface area (Å²) in [5.41, 5.74) is 1.90.